The Bertz CT molecular complexity index is 495. The quantitative estimate of drug-likeness (QED) is 0.594. The van der Waals surface area contributed by atoms with E-state index in [1.54, 1.807) is 0 Å². The van der Waals surface area contributed by atoms with Crippen molar-refractivity contribution < 1.29 is 4.79 Å². The van der Waals surface area contributed by atoms with Gasteiger partial charge < -0.3 is 4.90 Å². The molecule has 16 heavy (non-hydrogen) atoms. The smallest absolute Gasteiger partial charge is 0.276 e. The van der Waals surface area contributed by atoms with Gasteiger partial charge in [-0.3, -0.25) is 4.79 Å². The number of hydrogen-bond acceptors (Lipinski definition) is 4. The molecule has 0 aromatic carbocycles. The zero-order chi connectivity index (χ0) is 11.1. The van der Waals surface area contributed by atoms with Gasteiger partial charge in [0.2, 0.25) is 0 Å². The van der Waals surface area contributed by atoms with E-state index in [2.05, 4.69) is 16.1 Å². The van der Waals surface area contributed by atoms with Gasteiger partial charge in [-0.15, -0.1) is 0 Å². The molecule has 80 valence electrons. The minimum atomic E-state index is -0.421. The second kappa shape index (κ2) is 3.27. The molecule has 1 fully saturated rings. The van der Waals surface area contributed by atoms with Gasteiger partial charge in [-0.25, -0.2) is 4.99 Å². The molecule has 5 heteroatoms. The van der Waals surface area contributed by atoms with Crippen molar-refractivity contribution >= 4 is 18.0 Å². The van der Waals surface area contributed by atoms with Crippen LogP contribution >= 0.6 is 0 Å². The molecule has 0 aliphatic carbocycles. The van der Waals surface area contributed by atoms with E-state index in [4.69, 9.17) is 5.26 Å². The molecule has 1 atom stereocenters. The molecule has 3 rings (SSSR count). The van der Waals surface area contributed by atoms with E-state index < -0.39 is 6.04 Å². The number of hydrogen-bond donors (Lipinski definition) is 0. The molecule has 0 aromatic rings. The fourth-order valence-electron chi connectivity index (χ4n) is 2.56. The third-order valence-corrected chi connectivity index (χ3v) is 3.25. The van der Waals surface area contributed by atoms with Crippen LogP contribution in [0.3, 0.4) is 0 Å². The van der Waals surface area contributed by atoms with Gasteiger partial charge in [0.05, 0.1) is 11.3 Å². The second-order valence-corrected chi connectivity index (χ2v) is 4.08. The normalized spacial score (nSPS) is 27.4. The minimum Gasteiger partial charge on any atom is -0.357 e. The molecule has 3 aliphatic heterocycles. The summed E-state index contributed by atoms with van der Waals surface area (Å²) in [6.07, 6.45) is 4.26. The van der Waals surface area contributed by atoms with Gasteiger partial charge in [-0.05, 0) is 19.3 Å². The highest BCUT2D eigenvalue weighted by Gasteiger charge is 2.43. The van der Waals surface area contributed by atoms with E-state index in [9.17, 15) is 4.79 Å². The molecular formula is C11H10N4O. The maximum Gasteiger partial charge on any atom is 0.276 e. The first-order valence-electron chi connectivity index (χ1n) is 5.37. The SMILES string of the molecule is N#CC1=C2CCCCN2C2C(=O)N=CN=C12. The van der Waals surface area contributed by atoms with Crippen LogP contribution in [0.15, 0.2) is 21.3 Å². The fourth-order valence-corrected chi connectivity index (χ4v) is 2.56. The lowest BCUT2D eigenvalue weighted by molar-refractivity contribution is -0.120. The van der Waals surface area contributed by atoms with Crippen LogP contribution in [0.2, 0.25) is 0 Å². The van der Waals surface area contributed by atoms with Crippen molar-refractivity contribution in [3.8, 4) is 6.07 Å². The number of piperidine rings is 1. The van der Waals surface area contributed by atoms with Crippen molar-refractivity contribution in [1.82, 2.24) is 4.90 Å². The van der Waals surface area contributed by atoms with Gasteiger partial charge in [-0.1, -0.05) is 0 Å². The van der Waals surface area contributed by atoms with Gasteiger partial charge in [0.15, 0.2) is 6.04 Å². The van der Waals surface area contributed by atoms with E-state index in [0.717, 1.165) is 31.5 Å². The first-order chi connectivity index (χ1) is 7.83. The Kier molecular flexibility index (Phi) is 1.90. The Morgan fingerprint density at radius 2 is 2.38 bits per heavy atom. The van der Waals surface area contributed by atoms with E-state index >= 15 is 0 Å². The molecule has 0 spiro atoms. The predicted octanol–water partition coefficient (Wildman–Crippen LogP) is 0.642. The van der Waals surface area contributed by atoms with Crippen LogP contribution in [-0.4, -0.2) is 35.4 Å². The molecule has 0 N–H and O–H groups in total. The average molecular weight is 214 g/mol. The van der Waals surface area contributed by atoms with Crippen molar-refractivity contribution in [1.29, 1.82) is 5.26 Å². The number of carbonyl (C=O) groups excluding carboxylic acids is 1. The highest BCUT2D eigenvalue weighted by atomic mass is 16.2. The maximum absolute atomic E-state index is 11.7. The lowest BCUT2D eigenvalue weighted by atomic mass is 10.1. The summed E-state index contributed by atoms with van der Waals surface area (Å²) in [4.78, 5) is 21.5. The van der Waals surface area contributed by atoms with Gasteiger partial charge in [-0.2, -0.15) is 10.3 Å². The summed E-state index contributed by atoms with van der Waals surface area (Å²) < 4.78 is 0. The molecule has 0 radical (unpaired) electrons. The first kappa shape index (κ1) is 9.28. The number of nitrogens with zero attached hydrogens (tertiary/aromatic N) is 4. The number of nitriles is 1. The van der Waals surface area contributed by atoms with Crippen LogP contribution in [0.4, 0.5) is 0 Å². The third kappa shape index (κ3) is 1.07. The summed E-state index contributed by atoms with van der Waals surface area (Å²) in [7, 11) is 0. The highest BCUT2D eigenvalue weighted by Crippen LogP contribution is 2.34. The van der Waals surface area contributed by atoms with Crippen molar-refractivity contribution in [2.75, 3.05) is 6.54 Å². The summed E-state index contributed by atoms with van der Waals surface area (Å²) in [6.45, 7) is 0.825. The number of fused-ring (bicyclic) bond motifs is 3. The molecule has 3 aliphatic rings. The van der Waals surface area contributed by atoms with Crippen LogP contribution in [-0.2, 0) is 4.79 Å². The van der Waals surface area contributed by atoms with Gasteiger partial charge in [0.1, 0.15) is 12.4 Å². The van der Waals surface area contributed by atoms with E-state index in [0.29, 0.717) is 11.3 Å². The standard InChI is InChI=1S/C11H10N4O/c12-5-7-8-3-1-2-4-15(8)10-9(7)13-6-14-11(10)16/h6,10H,1-4H2. The van der Waals surface area contributed by atoms with E-state index in [-0.39, 0.29) is 5.91 Å². The maximum atomic E-state index is 11.7. The van der Waals surface area contributed by atoms with Gasteiger partial charge >= 0.3 is 0 Å². The van der Waals surface area contributed by atoms with Crippen molar-refractivity contribution in [3.63, 3.8) is 0 Å². The Balaban J connectivity index is 2.13. The average Bonchev–Trinajstić information content (AvgIpc) is 2.64. The Hall–Kier alpha value is -1.96. The number of rotatable bonds is 0. The Morgan fingerprint density at radius 3 is 3.19 bits per heavy atom. The molecule has 0 saturated carbocycles. The van der Waals surface area contributed by atoms with Crippen LogP contribution in [0.5, 0.6) is 0 Å². The first-order valence-corrected chi connectivity index (χ1v) is 5.37. The van der Waals surface area contributed by atoms with Crippen molar-refractivity contribution in [2.45, 2.75) is 25.3 Å². The summed E-state index contributed by atoms with van der Waals surface area (Å²) in [5.74, 6) is -0.199. The van der Waals surface area contributed by atoms with E-state index in [1.165, 1.54) is 6.34 Å². The van der Waals surface area contributed by atoms with Crippen LogP contribution in [0.1, 0.15) is 19.3 Å². The van der Waals surface area contributed by atoms with Gasteiger partial charge in [0.25, 0.3) is 5.91 Å². The zero-order valence-electron chi connectivity index (χ0n) is 8.68. The number of amides is 1. The van der Waals surface area contributed by atoms with E-state index in [1.807, 2.05) is 4.90 Å². The number of aliphatic imine (C=N–C) groups is 2. The minimum absolute atomic E-state index is 0.199. The molecular weight excluding hydrogens is 204 g/mol. The molecule has 1 unspecified atom stereocenters. The monoisotopic (exact) mass is 214 g/mol. The Morgan fingerprint density at radius 1 is 1.50 bits per heavy atom. The van der Waals surface area contributed by atoms with Crippen molar-refractivity contribution in [3.05, 3.63) is 11.3 Å². The van der Waals surface area contributed by atoms with Crippen molar-refractivity contribution in [2.24, 2.45) is 9.98 Å². The molecule has 0 aromatic heterocycles. The lowest BCUT2D eigenvalue weighted by Crippen LogP contribution is -2.43. The molecule has 5 nitrogen and oxygen atoms in total. The van der Waals surface area contributed by atoms with Crippen LogP contribution in [0.25, 0.3) is 0 Å². The topological polar surface area (TPSA) is 68.8 Å². The third-order valence-electron chi connectivity index (χ3n) is 3.25. The summed E-state index contributed by atoms with van der Waals surface area (Å²) in [5.41, 5.74) is 2.17. The molecule has 1 saturated heterocycles. The molecule has 1 amide bonds. The summed E-state index contributed by atoms with van der Waals surface area (Å²) >= 11 is 0. The predicted molar refractivity (Wildman–Crippen MR) is 57.9 cm³/mol. The lowest BCUT2D eigenvalue weighted by Gasteiger charge is -2.31. The van der Waals surface area contributed by atoms with Gasteiger partial charge in [0, 0.05) is 12.2 Å². The van der Waals surface area contributed by atoms with Crippen LogP contribution < -0.4 is 0 Å². The largest absolute Gasteiger partial charge is 0.357 e. The second-order valence-electron chi connectivity index (χ2n) is 4.08. The molecule has 3 heterocycles. The summed E-state index contributed by atoms with van der Waals surface area (Å²) in [5, 5.41) is 9.16. The number of carbonyl (C=O) groups is 1. The summed E-state index contributed by atoms with van der Waals surface area (Å²) in [6, 6.07) is 1.75. The number of allylic oxidation sites excluding steroid dienone is 1. The Labute approximate surface area is 92.8 Å². The zero-order valence-corrected chi connectivity index (χ0v) is 8.68. The molecule has 0 bridgehead atoms. The highest BCUT2D eigenvalue weighted by molar-refractivity contribution is 6.25. The van der Waals surface area contributed by atoms with Crippen LogP contribution in [0, 0.1) is 11.3 Å². The fraction of sp³-hybridized carbons (Fsp3) is 0.455.